The second-order valence-electron chi connectivity index (χ2n) is 3.62. The van der Waals surface area contributed by atoms with Gasteiger partial charge in [0.1, 0.15) is 5.78 Å². The molecule has 3 heteroatoms. The molecule has 0 saturated heterocycles. The Labute approximate surface area is 92.8 Å². The molecule has 0 heterocycles. The Morgan fingerprint density at radius 3 is 2.86 bits per heavy atom. The van der Waals surface area contributed by atoms with Gasteiger partial charge in [-0.25, -0.2) is 0 Å². The molecular weight excluding hydrogens is 244 g/mol. The Balaban J connectivity index is 2.75. The highest BCUT2D eigenvalue weighted by molar-refractivity contribution is 9.11. The van der Waals surface area contributed by atoms with Crippen molar-refractivity contribution in [2.75, 3.05) is 0 Å². The lowest BCUT2D eigenvalue weighted by Crippen LogP contribution is -2.31. The van der Waals surface area contributed by atoms with Crippen molar-refractivity contribution < 1.29 is 9.90 Å². The van der Waals surface area contributed by atoms with Crippen molar-refractivity contribution in [3.8, 4) is 0 Å². The van der Waals surface area contributed by atoms with E-state index in [-0.39, 0.29) is 11.7 Å². The number of carbonyl (C=O) groups is 1. The fourth-order valence-electron chi connectivity index (χ4n) is 1.74. The second-order valence-corrected chi connectivity index (χ2v) is 4.63. The average Bonchev–Trinajstić information content (AvgIpc) is 2.17. The van der Waals surface area contributed by atoms with Crippen molar-refractivity contribution in [3.05, 3.63) is 22.7 Å². The van der Waals surface area contributed by atoms with Crippen molar-refractivity contribution in [1.82, 2.24) is 0 Å². The molecule has 0 amide bonds. The van der Waals surface area contributed by atoms with Gasteiger partial charge in [0.2, 0.25) is 0 Å². The number of hydrogen-bond acceptors (Lipinski definition) is 2. The van der Waals surface area contributed by atoms with Gasteiger partial charge in [-0.2, -0.15) is 0 Å². The second kappa shape index (κ2) is 4.89. The summed E-state index contributed by atoms with van der Waals surface area (Å²) in [5.41, 5.74) is 1.25. The zero-order valence-corrected chi connectivity index (χ0v) is 9.88. The van der Waals surface area contributed by atoms with Crippen molar-refractivity contribution >= 4 is 21.7 Å². The van der Waals surface area contributed by atoms with Gasteiger partial charge in [-0.3, -0.25) is 4.79 Å². The summed E-state index contributed by atoms with van der Waals surface area (Å²) < 4.78 is 0.494. The summed E-state index contributed by atoms with van der Waals surface area (Å²) in [6.07, 6.45) is 3.33. The van der Waals surface area contributed by atoms with Crippen molar-refractivity contribution in [3.63, 3.8) is 0 Å². The van der Waals surface area contributed by atoms with Crippen LogP contribution in [0.15, 0.2) is 22.7 Å². The number of hydrogen-bond donors (Lipinski definition) is 1. The smallest absolute Gasteiger partial charge is 0.139 e. The highest BCUT2D eigenvalue weighted by Crippen LogP contribution is 2.31. The van der Waals surface area contributed by atoms with Crippen LogP contribution >= 0.6 is 15.9 Å². The number of ketones is 1. The monoisotopic (exact) mass is 258 g/mol. The molecule has 0 radical (unpaired) electrons. The summed E-state index contributed by atoms with van der Waals surface area (Å²) in [5, 5.41) is 9.74. The van der Waals surface area contributed by atoms with Crippen LogP contribution in [0, 0.1) is 5.92 Å². The molecule has 1 aliphatic rings. The van der Waals surface area contributed by atoms with E-state index in [2.05, 4.69) is 22.5 Å². The first-order chi connectivity index (χ1) is 6.56. The van der Waals surface area contributed by atoms with Crippen LogP contribution in [0.5, 0.6) is 0 Å². The normalized spacial score (nSPS) is 27.8. The Morgan fingerprint density at radius 2 is 2.36 bits per heavy atom. The molecule has 1 fully saturated rings. The van der Waals surface area contributed by atoms with E-state index in [0.717, 1.165) is 6.42 Å². The summed E-state index contributed by atoms with van der Waals surface area (Å²) in [6, 6.07) is 0. The third-order valence-electron chi connectivity index (χ3n) is 2.70. The summed E-state index contributed by atoms with van der Waals surface area (Å²) in [5.74, 6) is -0.162. The minimum atomic E-state index is -0.752. The van der Waals surface area contributed by atoms with Gasteiger partial charge < -0.3 is 5.11 Å². The van der Waals surface area contributed by atoms with Gasteiger partial charge in [-0.15, -0.1) is 0 Å². The molecule has 1 rings (SSSR count). The van der Waals surface area contributed by atoms with Crippen LogP contribution in [-0.4, -0.2) is 17.0 Å². The molecule has 0 aromatic rings. The van der Waals surface area contributed by atoms with Gasteiger partial charge in [0, 0.05) is 10.9 Å². The Morgan fingerprint density at radius 1 is 1.71 bits per heavy atom. The number of rotatable bonds is 2. The average molecular weight is 259 g/mol. The summed E-state index contributed by atoms with van der Waals surface area (Å²) in [7, 11) is 0. The van der Waals surface area contributed by atoms with Gasteiger partial charge in [0.25, 0.3) is 0 Å². The van der Waals surface area contributed by atoms with E-state index >= 15 is 0 Å². The molecule has 2 unspecified atom stereocenters. The Kier molecular flexibility index (Phi) is 4.08. The van der Waals surface area contributed by atoms with Crippen molar-refractivity contribution in [2.45, 2.75) is 32.3 Å². The van der Waals surface area contributed by atoms with Gasteiger partial charge in [-0.1, -0.05) is 34.2 Å². The number of halogens is 1. The van der Waals surface area contributed by atoms with Crippen LogP contribution in [0.2, 0.25) is 0 Å². The van der Waals surface area contributed by atoms with Gasteiger partial charge in [-0.05, 0) is 19.8 Å². The Bertz CT molecular complexity index is 281. The van der Waals surface area contributed by atoms with Gasteiger partial charge >= 0.3 is 0 Å². The molecule has 1 N–H and O–H groups in total. The Hall–Kier alpha value is -0.410. The number of aliphatic hydroxyl groups excluding tert-OH is 1. The van der Waals surface area contributed by atoms with Crippen LogP contribution in [0.3, 0.4) is 0 Å². The first-order valence-corrected chi connectivity index (χ1v) is 5.54. The van der Waals surface area contributed by atoms with Crippen LogP contribution < -0.4 is 0 Å². The predicted octanol–water partition coefficient (Wildman–Crippen LogP) is 2.57. The number of allylic oxidation sites excluding steroid dienone is 2. The zero-order chi connectivity index (χ0) is 10.7. The molecule has 1 aliphatic carbocycles. The number of carbonyl (C=O) groups excluding carboxylic acids is 1. The van der Waals surface area contributed by atoms with E-state index in [4.69, 9.17) is 0 Å². The molecule has 2 nitrogen and oxygen atoms in total. The van der Waals surface area contributed by atoms with E-state index in [1.54, 1.807) is 0 Å². The number of aliphatic hydroxyl groups is 1. The summed E-state index contributed by atoms with van der Waals surface area (Å²) in [4.78, 5) is 11.6. The zero-order valence-electron chi connectivity index (χ0n) is 8.29. The maximum Gasteiger partial charge on any atom is 0.139 e. The lowest BCUT2D eigenvalue weighted by molar-refractivity contribution is -0.126. The maximum atomic E-state index is 11.6. The molecule has 2 atom stereocenters. The summed E-state index contributed by atoms with van der Waals surface area (Å²) in [6.45, 7) is 5.58. The lowest BCUT2D eigenvalue weighted by atomic mass is 9.81. The standard InChI is InChI=1S/C11H15BrO2/c1-3-8-4-5-10(13)9(6-8)11(14)7(2)12/h3,9,11,14H,2,4-6H2,1H3/b8-3+. The van der Waals surface area contributed by atoms with E-state index in [9.17, 15) is 9.90 Å². The molecule has 1 saturated carbocycles. The predicted molar refractivity (Wildman–Crippen MR) is 60.2 cm³/mol. The molecular formula is C11H15BrO2. The first kappa shape index (κ1) is 11.7. The van der Waals surface area contributed by atoms with Gasteiger partial charge in [0.05, 0.1) is 12.0 Å². The largest absolute Gasteiger partial charge is 0.387 e. The third-order valence-corrected chi connectivity index (χ3v) is 3.17. The van der Waals surface area contributed by atoms with Crippen molar-refractivity contribution in [2.24, 2.45) is 5.92 Å². The third kappa shape index (κ3) is 2.55. The number of Topliss-reactive ketones (excluding diaryl/α,β-unsaturated/α-hetero) is 1. The molecule has 14 heavy (non-hydrogen) atoms. The molecule has 0 spiro atoms. The molecule has 0 aromatic carbocycles. The highest BCUT2D eigenvalue weighted by atomic mass is 79.9. The minimum absolute atomic E-state index is 0.142. The molecule has 0 aliphatic heterocycles. The van der Waals surface area contributed by atoms with Crippen LogP contribution in [0.4, 0.5) is 0 Å². The molecule has 78 valence electrons. The topological polar surface area (TPSA) is 37.3 Å². The first-order valence-electron chi connectivity index (χ1n) is 4.75. The van der Waals surface area contributed by atoms with Crippen molar-refractivity contribution in [1.29, 1.82) is 0 Å². The molecule has 0 aromatic heterocycles. The fourth-order valence-corrected chi connectivity index (χ4v) is 2.05. The van der Waals surface area contributed by atoms with Gasteiger partial charge in [0.15, 0.2) is 0 Å². The lowest BCUT2D eigenvalue weighted by Gasteiger charge is -2.26. The van der Waals surface area contributed by atoms with Crippen LogP contribution in [-0.2, 0) is 4.79 Å². The maximum absolute atomic E-state index is 11.6. The summed E-state index contributed by atoms with van der Waals surface area (Å²) >= 11 is 3.13. The van der Waals surface area contributed by atoms with E-state index in [1.807, 2.05) is 13.0 Å². The van der Waals surface area contributed by atoms with Crippen LogP contribution in [0.1, 0.15) is 26.2 Å². The van der Waals surface area contributed by atoms with E-state index < -0.39 is 6.10 Å². The minimum Gasteiger partial charge on any atom is -0.387 e. The quantitative estimate of drug-likeness (QED) is 0.774. The SMILES string of the molecule is C=C(Br)C(O)C1C/C(=C/C)CCC1=O. The van der Waals surface area contributed by atoms with E-state index in [1.165, 1.54) is 5.57 Å². The van der Waals surface area contributed by atoms with Crippen LogP contribution in [0.25, 0.3) is 0 Å². The highest BCUT2D eigenvalue weighted by Gasteiger charge is 2.31. The molecule has 0 bridgehead atoms. The van der Waals surface area contributed by atoms with E-state index in [0.29, 0.717) is 17.3 Å². The fraction of sp³-hybridized carbons (Fsp3) is 0.545.